The maximum absolute atomic E-state index is 15.1. The molecule has 1 amide bonds. The van der Waals surface area contributed by atoms with Gasteiger partial charge in [0, 0.05) is 11.1 Å². The maximum Gasteiger partial charge on any atom is 0.260 e. The molecular formula is C44H33N2OP. The Labute approximate surface area is 282 Å². The smallest absolute Gasteiger partial charge is 0.260 e. The van der Waals surface area contributed by atoms with Crippen molar-refractivity contribution in [3.05, 3.63) is 210 Å². The Morgan fingerprint density at radius 1 is 0.521 bits per heavy atom. The van der Waals surface area contributed by atoms with E-state index in [0.29, 0.717) is 11.4 Å². The van der Waals surface area contributed by atoms with Crippen LogP contribution >= 0.6 is 7.92 Å². The summed E-state index contributed by atoms with van der Waals surface area (Å²) in [4.78, 5) is 22.6. The van der Waals surface area contributed by atoms with Crippen LogP contribution in [0, 0.1) is 0 Å². The average molecular weight is 637 g/mol. The number of hydrogen-bond donors (Lipinski definition) is 0. The summed E-state index contributed by atoms with van der Waals surface area (Å²) in [5, 5.41) is 5.80. The minimum absolute atomic E-state index is 0.0645. The van der Waals surface area contributed by atoms with Crippen molar-refractivity contribution in [1.29, 1.82) is 0 Å². The number of benzene rings is 7. The van der Waals surface area contributed by atoms with E-state index in [2.05, 4.69) is 133 Å². The quantitative estimate of drug-likeness (QED) is 0.161. The molecule has 0 spiro atoms. The zero-order valence-electron chi connectivity index (χ0n) is 26.3. The van der Waals surface area contributed by atoms with Crippen LogP contribution in [0.1, 0.15) is 39.1 Å². The third kappa shape index (κ3) is 5.64. The van der Waals surface area contributed by atoms with Gasteiger partial charge in [-0.25, -0.2) is 0 Å². The minimum atomic E-state index is -0.955. The number of amides is 1. The zero-order chi connectivity index (χ0) is 32.3. The second kappa shape index (κ2) is 13.2. The lowest BCUT2D eigenvalue weighted by Crippen LogP contribution is -2.40. The van der Waals surface area contributed by atoms with E-state index in [1.165, 1.54) is 15.9 Å². The SMILES string of the molecule is O=C(c1ccc2ccccc2c1)N1C(c2ccccc2P(c2ccccc2)c2ccccc2)=NC(c2ccccc2)C1c1ccccc1. The van der Waals surface area contributed by atoms with Gasteiger partial charge in [-0.05, 0) is 57.9 Å². The Morgan fingerprint density at radius 2 is 1.04 bits per heavy atom. The molecule has 0 saturated heterocycles. The molecule has 7 aromatic carbocycles. The van der Waals surface area contributed by atoms with Crippen molar-refractivity contribution in [1.82, 2.24) is 4.90 Å². The zero-order valence-corrected chi connectivity index (χ0v) is 27.2. The van der Waals surface area contributed by atoms with Crippen LogP contribution in [0.3, 0.4) is 0 Å². The molecule has 230 valence electrons. The summed E-state index contributed by atoms with van der Waals surface area (Å²) in [6.07, 6.45) is 0. The Hall–Kier alpha value is -5.63. The van der Waals surface area contributed by atoms with Crippen molar-refractivity contribution in [2.75, 3.05) is 0 Å². The highest BCUT2D eigenvalue weighted by atomic mass is 31.1. The highest BCUT2D eigenvalue weighted by molar-refractivity contribution is 7.80. The lowest BCUT2D eigenvalue weighted by atomic mass is 9.93. The lowest BCUT2D eigenvalue weighted by Gasteiger charge is -2.31. The summed E-state index contributed by atoms with van der Waals surface area (Å²) in [7, 11) is -0.955. The number of nitrogens with zero attached hydrogens (tertiary/aromatic N) is 2. The number of hydrogen-bond acceptors (Lipinski definition) is 2. The van der Waals surface area contributed by atoms with Gasteiger partial charge in [0.2, 0.25) is 0 Å². The monoisotopic (exact) mass is 636 g/mol. The summed E-state index contributed by atoms with van der Waals surface area (Å²) in [6, 6.07) is 64.2. The number of aliphatic imine (C=N–C) groups is 1. The van der Waals surface area contributed by atoms with E-state index in [1.54, 1.807) is 0 Å². The average Bonchev–Trinajstić information content (AvgIpc) is 3.57. The van der Waals surface area contributed by atoms with Crippen LogP contribution < -0.4 is 15.9 Å². The summed E-state index contributed by atoms with van der Waals surface area (Å²) in [5.74, 6) is 0.635. The van der Waals surface area contributed by atoms with Crippen molar-refractivity contribution in [3.8, 4) is 0 Å². The molecule has 2 unspecified atom stereocenters. The van der Waals surface area contributed by atoms with Crippen LogP contribution in [-0.4, -0.2) is 16.6 Å². The first-order valence-electron chi connectivity index (χ1n) is 16.3. The van der Waals surface area contributed by atoms with Crippen LogP contribution in [0.2, 0.25) is 0 Å². The molecule has 0 aliphatic carbocycles. The molecule has 4 heteroatoms. The van der Waals surface area contributed by atoms with Gasteiger partial charge in [-0.3, -0.25) is 14.7 Å². The molecule has 1 heterocycles. The number of fused-ring (bicyclic) bond motifs is 1. The number of carbonyl (C=O) groups is 1. The molecule has 0 aromatic heterocycles. The Bertz CT molecular complexity index is 2180. The lowest BCUT2D eigenvalue weighted by molar-refractivity contribution is 0.0805. The molecule has 2 atom stereocenters. The summed E-state index contributed by atoms with van der Waals surface area (Å²) >= 11 is 0. The summed E-state index contributed by atoms with van der Waals surface area (Å²) in [6.45, 7) is 0. The van der Waals surface area contributed by atoms with Gasteiger partial charge >= 0.3 is 0 Å². The largest absolute Gasteiger partial charge is 0.282 e. The van der Waals surface area contributed by atoms with Crippen molar-refractivity contribution >= 4 is 46.4 Å². The number of amidine groups is 1. The van der Waals surface area contributed by atoms with Gasteiger partial charge in [0.1, 0.15) is 11.9 Å². The van der Waals surface area contributed by atoms with Crippen LogP contribution in [0.25, 0.3) is 10.8 Å². The number of rotatable bonds is 7. The summed E-state index contributed by atoms with van der Waals surface area (Å²) < 4.78 is 0. The first-order chi connectivity index (χ1) is 23.8. The topological polar surface area (TPSA) is 32.7 Å². The Balaban J connectivity index is 1.36. The van der Waals surface area contributed by atoms with E-state index in [0.717, 1.165) is 27.5 Å². The van der Waals surface area contributed by atoms with E-state index in [4.69, 9.17) is 4.99 Å². The molecule has 1 aliphatic heterocycles. The van der Waals surface area contributed by atoms with Crippen molar-refractivity contribution in [3.63, 3.8) is 0 Å². The van der Waals surface area contributed by atoms with Gasteiger partial charge in [-0.2, -0.15) is 0 Å². The predicted molar refractivity (Wildman–Crippen MR) is 200 cm³/mol. The second-order valence-corrected chi connectivity index (χ2v) is 14.1. The molecule has 0 N–H and O–H groups in total. The van der Waals surface area contributed by atoms with Crippen LogP contribution in [-0.2, 0) is 0 Å². The van der Waals surface area contributed by atoms with Crippen molar-refractivity contribution in [2.45, 2.75) is 12.1 Å². The van der Waals surface area contributed by atoms with Crippen molar-refractivity contribution < 1.29 is 4.79 Å². The first-order valence-corrected chi connectivity index (χ1v) is 17.6. The van der Waals surface area contributed by atoms with Crippen LogP contribution in [0.4, 0.5) is 0 Å². The predicted octanol–water partition coefficient (Wildman–Crippen LogP) is 8.98. The van der Waals surface area contributed by atoms with E-state index in [-0.39, 0.29) is 18.0 Å². The first kappa shape index (κ1) is 29.8. The standard InChI is InChI=1S/C44H33N2OP/c47-44(36-30-29-32-17-13-14-22-35(32)31-36)46-42(34-20-7-2-8-21-34)41(33-18-5-1-6-19-33)45-43(46)39-27-15-16-28-40(39)48(37-23-9-3-10-24-37)38-25-11-4-12-26-38/h1-31,41-42H. The highest BCUT2D eigenvalue weighted by Gasteiger charge is 2.43. The van der Waals surface area contributed by atoms with Gasteiger partial charge in [-0.15, -0.1) is 0 Å². The molecule has 0 radical (unpaired) electrons. The fourth-order valence-electron chi connectivity index (χ4n) is 6.75. The van der Waals surface area contributed by atoms with E-state index >= 15 is 4.79 Å². The van der Waals surface area contributed by atoms with Gasteiger partial charge in [0.05, 0.1) is 6.04 Å². The van der Waals surface area contributed by atoms with E-state index in [1.807, 2.05) is 59.5 Å². The third-order valence-electron chi connectivity index (χ3n) is 8.98. The molecule has 7 aromatic rings. The van der Waals surface area contributed by atoms with Gasteiger partial charge < -0.3 is 0 Å². The molecule has 48 heavy (non-hydrogen) atoms. The normalized spacial score (nSPS) is 15.9. The fraction of sp³-hybridized carbons (Fsp3) is 0.0455. The van der Waals surface area contributed by atoms with E-state index in [9.17, 15) is 0 Å². The van der Waals surface area contributed by atoms with Gasteiger partial charge in [0.25, 0.3) is 5.91 Å². The van der Waals surface area contributed by atoms with Gasteiger partial charge in [-0.1, -0.05) is 176 Å². The Morgan fingerprint density at radius 3 is 1.69 bits per heavy atom. The van der Waals surface area contributed by atoms with Crippen LogP contribution in [0.5, 0.6) is 0 Å². The van der Waals surface area contributed by atoms with E-state index < -0.39 is 7.92 Å². The molecule has 0 saturated carbocycles. The highest BCUT2D eigenvalue weighted by Crippen LogP contribution is 2.45. The molecule has 8 rings (SSSR count). The fourth-order valence-corrected chi connectivity index (χ4v) is 9.19. The maximum atomic E-state index is 15.1. The Kier molecular flexibility index (Phi) is 8.20. The van der Waals surface area contributed by atoms with Crippen LogP contribution in [0.15, 0.2) is 193 Å². The summed E-state index contributed by atoms with van der Waals surface area (Å²) in [5.41, 5.74) is 3.74. The molecule has 0 bridgehead atoms. The molecule has 0 fully saturated rings. The molecule has 3 nitrogen and oxygen atoms in total. The van der Waals surface area contributed by atoms with Crippen molar-refractivity contribution in [2.24, 2.45) is 4.99 Å². The third-order valence-corrected chi connectivity index (χ3v) is 11.5. The van der Waals surface area contributed by atoms with Gasteiger partial charge in [0.15, 0.2) is 0 Å². The minimum Gasteiger partial charge on any atom is -0.282 e. The molecular weight excluding hydrogens is 603 g/mol. The second-order valence-electron chi connectivity index (χ2n) is 11.9. The number of carbonyl (C=O) groups excluding carboxylic acids is 1. The molecule has 1 aliphatic rings.